The SMILES string of the molecule is CC1CCC(/C(N)=N/OC(=O)c2ccc(F)cc2)CN1C(=O)O. The van der Waals surface area contributed by atoms with Gasteiger partial charge in [-0.15, -0.1) is 0 Å². The zero-order valence-corrected chi connectivity index (χ0v) is 12.6. The summed E-state index contributed by atoms with van der Waals surface area (Å²) >= 11 is 0. The summed E-state index contributed by atoms with van der Waals surface area (Å²) in [6.45, 7) is 2.03. The predicted octanol–water partition coefficient (Wildman–Crippen LogP) is 2.03. The van der Waals surface area contributed by atoms with E-state index < -0.39 is 17.9 Å². The van der Waals surface area contributed by atoms with Crippen LogP contribution in [0.5, 0.6) is 0 Å². The second kappa shape index (κ2) is 7.08. The van der Waals surface area contributed by atoms with Crippen LogP contribution in [0, 0.1) is 11.7 Å². The maximum atomic E-state index is 12.8. The highest BCUT2D eigenvalue weighted by molar-refractivity contribution is 5.90. The Morgan fingerprint density at radius 2 is 2.00 bits per heavy atom. The van der Waals surface area contributed by atoms with Crippen LogP contribution in [0.2, 0.25) is 0 Å². The Morgan fingerprint density at radius 3 is 2.61 bits per heavy atom. The molecule has 1 saturated heterocycles. The topological polar surface area (TPSA) is 105 Å². The summed E-state index contributed by atoms with van der Waals surface area (Å²) in [6, 6.07) is 4.74. The third kappa shape index (κ3) is 4.18. The predicted molar refractivity (Wildman–Crippen MR) is 80.4 cm³/mol. The first kappa shape index (κ1) is 16.7. The third-order valence-corrected chi connectivity index (χ3v) is 3.86. The first-order valence-electron chi connectivity index (χ1n) is 7.18. The molecule has 0 saturated carbocycles. The highest BCUT2D eigenvalue weighted by Gasteiger charge is 2.31. The van der Waals surface area contributed by atoms with E-state index in [-0.39, 0.29) is 29.9 Å². The molecule has 0 bridgehead atoms. The van der Waals surface area contributed by atoms with E-state index in [0.29, 0.717) is 12.8 Å². The van der Waals surface area contributed by atoms with E-state index in [1.807, 2.05) is 6.92 Å². The van der Waals surface area contributed by atoms with Crippen molar-refractivity contribution in [1.29, 1.82) is 0 Å². The molecular weight excluding hydrogens is 305 g/mol. The van der Waals surface area contributed by atoms with Gasteiger partial charge in [-0.05, 0) is 44.0 Å². The minimum Gasteiger partial charge on any atom is -0.465 e. The maximum Gasteiger partial charge on any atom is 0.407 e. The number of carbonyl (C=O) groups excluding carboxylic acids is 1. The number of carbonyl (C=O) groups is 2. The van der Waals surface area contributed by atoms with Crippen molar-refractivity contribution >= 4 is 17.9 Å². The second-order valence-corrected chi connectivity index (χ2v) is 5.46. The van der Waals surface area contributed by atoms with Crippen LogP contribution in [0.15, 0.2) is 29.4 Å². The summed E-state index contributed by atoms with van der Waals surface area (Å²) in [6.07, 6.45) is 0.298. The summed E-state index contributed by atoms with van der Waals surface area (Å²) in [5.41, 5.74) is 5.95. The number of likely N-dealkylation sites (tertiary alicyclic amines) is 1. The number of carboxylic acid groups (broad SMARTS) is 1. The van der Waals surface area contributed by atoms with Crippen LogP contribution in [-0.2, 0) is 4.84 Å². The second-order valence-electron chi connectivity index (χ2n) is 5.46. The zero-order valence-electron chi connectivity index (χ0n) is 12.6. The molecule has 0 radical (unpaired) electrons. The van der Waals surface area contributed by atoms with Crippen molar-refractivity contribution in [3.8, 4) is 0 Å². The number of hydrogen-bond donors (Lipinski definition) is 2. The van der Waals surface area contributed by atoms with Gasteiger partial charge >= 0.3 is 12.1 Å². The smallest absolute Gasteiger partial charge is 0.407 e. The quantitative estimate of drug-likeness (QED) is 0.383. The van der Waals surface area contributed by atoms with Gasteiger partial charge in [0.25, 0.3) is 0 Å². The minimum absolute atomic E-state index is 0.0682. The molecule has 23 heavy (non-hydrogen) atoms. The summed E-state index contributed by atoms with van der Waals surface area (Å²) in [5, 5.41) is 12.7. The number of hydrogen-bond acceptors (Lipinski definition) is 4. The normalized spacial score (nSPS) is 21.8. The Labute approximate surface area is 132 Å². The number of amidine groups is 1. The average Bonchev–Trinajstić information content (AvgIpc) is 2.53. The summed E-state index contributed by atoms with van der Waals surface area (Å²) < 4.78 is 12.8. The molecule has 1 heterocycles. The largest absolute Gasteiger partial charge is 0.465 e. The van der Waals surface area contributed by atoms with Crippen LogP contribution in [0.3, 0.4) is 0 Å². The molecule has 1 aliphatic heterocycles. The fourth-order valence-electron chi connectivity index (χ4n) is 2.42. The number of halogens is 1. The van der Waals surface area contributed by atoms with Crippen molar-refractivity contribution < 1.29 is 23.9 Å². The molecule has 1 amide bonds. The number of oxime groups is 1. The van der Waals surface area contributed by atoms with Crippen molar-refractivity contribution in [2.75, 3.05) is 6.54 Å². The lowest BCUT2D eigenvalue weighted by Crippen LogP contribution is -2.48. The van der Waals surface area contributed by atoms with Gasteiger partial charge in [0.05, 0.1) is 5.56 Å². The van der Waals surface area contributed by atoms with Crippen molar-refractivity contribution in [2.45, 2.75) is 25.8 Å². The number of nitrogens with two attached hydrogens (primary N) is 1. The van der Waals surface area contributed by atoms with Gasteiger partial charge in [-0.2, -0.15) is 0 Å². The molecule has 0 aliphatic carbocycles. The van der Waals surface area contributed by atoms with Gasteiger partial charge in [-0.1, -0.05) is 5.16 Å². The fourth-order valence-corrected chi connectivity index (χ4v) is 2.42. The van der Waals surface area contributed by atoms with E-state index in [9.17, 15) is 14.0 Å². The number of nitrogens with zero attached hydrogens (tertiary/aromatic N) is 2. The van der Waals surface area contributed by atoms with Gasteiger partial charge in [0.15, 0.2) is 0 Å². The van der Waals surface area contributed by atoms with Crippen molar-refractivity contribution in [3.63, 3.8) is 0 Å². The Hall–Kier alpha value is -2.64. The van der Waals surface area contributed by atoms with Crippen LogP contribution < -0.4 is 5.73 Å². The van der Waals surface area contributed by atoms with Crippen molar-refractivity contribution in [2.24, 2.45) is 16.8 Å². The molecule has 0 aromatic heterocycles. The summed E-state index contributed by atoms with van der Waals surface area (Å²) in [7, 11) is 0. The molecule has 1 fully saturated rings. The third-order valence-electron chi connectivity index (χ3n) is 3.86. The molecule has 3 N–H and O–H groups in total. The van der Waals surface area contributed by atoms with Crippen molar-refractivity contribution in [3.05, 3.63) is 35.6 Å². The highest BCUT2D eigenvalue weighted by atomic mass is 19.1. The Balaban J connectivity index is 1.98. The zero-order chi connectivity index (χ0) is 17.0. The molecule has 1 aromatic rings. The Bertz CT molecular complexity index is 618. The van der Waals surface area contributed by atoms with E-state index >= 15 is 0 Å². The maximum absolute atomic E-state index is 12.8. The minimum atomic E-state index is -1.02. The fraction of sp³-hybridized carbons (Fsp3) is 0.400. The summed E-state index contributed by atoms with van der Waals surface area (Å²) in [5.74, 6) is -1.45. The lowest BCUT2D eigenvalue weighted by molar-refractivity contribution is 0.0508. The first-order valence-corrected chi connectivity index (χ1v) is 7.18. The number of benzene rings is 1. The molecule has 124 valence electrons. The Kier molecular flexibility index (Phi) is 5.15. The van der Waals surface area contributed by atoms with Crippen LogP contribution in [0.4, 0.5) is 9.18 Å². The highest BCUT2D eigenvalue weighted by Crippen LogP contribution is 2.22. The molecule has 7 nitrogen and oxygen atoms in total. The average molecular weight is 323 g/mol. The van der Waals surface area contributed by atoms with Crippen LogP contribution >= 0.6 is 0 Å². The van der Waals surface area contributed by atoms with Crippen molar-refractivity contribution in [1.82, 2.24) is 4.90 Å². The van der Waals surface area contributed by atoms with E-state index in [2.05, 4.69) is 5.16 Å². The van der Waals surface area contributed by atoms with Gasteiger partial charge in [-0.3, -0.25) is 0 Å². The Morgan fingerprint density at radius 1 is 1.35 bits per heavy atom. The van der Waals surface area contributed by atoms with E-state index in [4.69, 9.17) is 15.7 Å². The molecule has 2 rings (SSSR count). The molecule has 8 heteroatoms. The monoisotopic (exact) mass is 323 g/mol. The van der Waals surface area contributed by atoms with E-state index in [1.54, 1.807) is 0 Å². The number of amides is 1. The summed E-state index contributed by atoms with van der Waals surface area (Å²) in [4.78, 5) is 28.9. The van der Waals surface area contributed by atoms with Gasteiger partial charge in [-0.25, -0.2) is 14.0 Å². The van der Waals surface area contributed by atoms with E-state index in [1.165, 1.54) is 17.0 Å². The van der Waals surface area contributed by atoms with Gasteiger partial charge in [0, 0.05) is 18.5 Å². The van der Waals surface area contributed by atoms with Gasteiger partial charge in [0.1, 0.15) is 11.7 Å². The molecule has 0 spiro atoms. The molecule has 1 aliphatic rings. The lowest BCUT2D eigenvalue weighted by Gasteiger charge is -2.35. The van der Waals surface area contributed by atoms with Gasteiger partial charge in [0.2, 0.25) is 0 Å². The van der Waals surface area contributed by atoms with E-state index in [0.717, 1.165) is 12.1 Å². The number of rotatable bonds is 3. The van der Waals surface area contributed by atoms with Crippen LogP contribution in [0.1, 0.15) is 30.1 Å². The molecular formula is C15H18FN3O4. The molecule has 2 unspecified atom stereocenters. The van der Waals surface area contributed by atoms with Gasteiger partial charge < -0.3 is 20.6 Å². The van der Waals surface area contributed by atoms with Crippen LogP contribution in [0.25, 0.3) is 0 Å². The molecule has 1 aromatic carbocycles. The van der Waals surface area contributed by atoms with Crippen LogP contribution in [-0.4, -0.2) is 40.5 Å². The first-order chi connectivity index (χ1) is 10.9. The number of piperidine rings is 1. The molecule has 2 atom stereocenters. The standard InChI is InChI=1S/C15H18FN3O4/c1-9-2-3-11(8-19(9)15(21)22)13(17)18-23-14(20)10-4-6-12(16)7-5-10/h4-7,9,11H,2-3,8H2,1H3,(H2,17,18)(H,21,22). The lowest BCUT2D eigenvalue weighted by atomic mass is 9.93.